The summed E-state index contributed by atoms with van der Waals surface area (Å²) in [5, 5.41) is 8.24. The summed E-state index contributed by atoms with van der Waals surface area (Å²) in [4.78, 5) is 36.0. The third-order valence-corrected chi connectivity index (χ3v) is 3.70. The number of rotatable bonds is 10. The molecule has 0 bridgehead atoms. The van der Waals surface area contributed by atoms with Gasteiger partial charge in [-0.3, -0.25) is 4.79 Å². The second-order valence-corrected chi connectivity index (χ2v) is 9.90. The van der Waals surface area contributed by atoms with E-state index in [1.807, 2.05) is 13.8 Å². The molecule has 0 saturated carbocycles. The number of nitrogens with two attached hydrogens (primary N) is 1. The molecule has 0 fully saturated rings. The molecule has 3 amide bonds. The zero-order valence-electron chi connectivity index (χ0n) is 19.9. The number of carbonyl (C=O) groups excluding carboxylic acids is 3. The smallest absolute Gasteiger partial charge is 0.407 e. The van der Waals surface area contributed by atoms with Crippen molar-refractivity contribution in [2.75, 3.05) is 13.1 Å². The number of hydrogen-bond acceptors (Lipinski definition) is 6. The highest BCUT2D eigenvalue weighted by molar-refractivity contribution is 5.81. The predicted molar refractivity (Wildman–Crippen MR) is 117 cm³/mol. The molecule has 0 rings (SSSR count). The Kier molecular flexibility index (Phi) is 11.8. The highest BCUT2D eigenvalue weighted by Gasteiger charge is 2.22. The molecule has 0 unspecified atom stereocenters. The zero-order valence-corrected chi connectivity index (χ0v) is 19.9. The van der Waals surface area contributed by atoms with Crippen LogP contribution in [0.5, 0.6) is 0 Å². The number of carbonyl (C=O) groups is 3. The standard InChI is InChI=1S/C21H42N4O5/c1-14(2)12-16(22)17(26)24-13-15(25-19(28)30-21(6,7)8)10-9-11-23-18(27)29-20(3,4)5/h14-16H,9-13,22H2,1-8H3,(H,23,27)(H,24,26)(H,25,28)/t15-,16-/m0/s1. The Labute approximate surface area is 181 Å². The van der Waals surface area contributed by atoms with Gasteiger partial charge < -0.3 is 31.2 Å². The fourth-order valence-electron chi connectivity index (χ4n) is 2.52. The second kappa shape index (κ2) is 12.6. The van der Waals surface area contributed by atoms with Crippen molar-refractivity contribution in [3.8, 4) is 0 Å². The molecule has 176 valence electrons. The number of hydrogen-bond donors (Lipinski definition) is 4. The van der Waals surface area contributed by atoms with Crippen LogP contribution in [-0.4, -0.2) is 54.5 Å². The van der Waals surface area contributed by atoms with E-state index in [2.05, 4.69) is 16.0 Å². The van der Waals surface area contributed by atoms with Gasteiger partial charge in [-0.15, -0.1) is 0 Å². The first-order valence-electron chi connectivity index (χ1n) is 10.6. The maximum Gasteiger partial charge on any atom is 0.407 e. The summed E-state index contributed by atoms with van der Waals surface area (Å²) in [6.07, 6.45) is 0.624. The summed E-state index contributed by atoms with van der Waals surface area (Å²) in [5.41, 5.74) is 4.71. The number of ether oxygens (including phenoxy) is 2. The third kappa shape index (κ3) is 15.8. The van der Waals surface area contributed by atoms with Crippen LogP contribution in [0.15, 0.2) is 0 Å². The number of amides is 3. The van der Waals surface area contributed by atoms with Crippen molar-refractivity contribution in [1.29, 1.82) is 0 Å². The molecule has 0 spiro atoms. The molecule has 0 aliphatic heterocycles. The summed E-state index contributed by atoms with van der Waals surface area (Å²) in [5.74, 6) is 0.0481. The van der Waals surface area contributed by atoms with Crippen molar-refractivity contribution >= 4 is 18.1 Å². The van der Waals surface area contributed by atoms with Crippen LogP contribution in [0.4, 0.5) is 9.59 Å². The average molecular weight is 431 g/mol. The van der Waals surface area contributed by atoms with Crippen molar-refractivity contribution < 1.29 is 23.9 Å². The monoisotopic (exact) mass is 430 g/mol. The van der Waals surface area contributed by atoms with Crippen molar-refractivity contribution in [2.24, 2.45) is 11.7 Å². The van der Waals surface area contributed by atoms with Gasteiger partial charge in [-0.2, -0.15) is 0 Å². The van der Waals surface area contributed by atoms with Gasteiger partial charge in [0.15, 0.2) is 0 Å². The van der Waals surface area contributed by atoms with Crippen molar-refractivity contribution in [2.45, 2.75) is 97.9 Å². The van der Waals surface area contributed by atoms with E-state index in [0.717, 1.165) is 0 Å². The summed E-state index contributed by atoms with van der Waals surface area (Å²) in [6, 6.07) is -0.962. The predicted octanol–water partition coefficient (Wildman–Crippen LogP) is 2.67. The zero-order chi connectivity index (χ0) is 23.5. The van der Waals surface area contributed by atoms with E-state index in [4.69, 9.17) is 15.2 Å². The molecule has 0 saturated heterocycles. The van der Waals surface area contributed by atoms with E-state index in [-0.39, 0.29) is 18.5 Å². The molecule has 0 aromatic heterocycles. The summed E-state index contributed by atoms with van der Waals surface area (Å²) in [7, 11) is 0. The molecule has 0 aliphatic rings. The Morgan fingerprint density at radius 1 is 0.900 bits per heavy atom. The lowest BCUT2D eigenvalue weighted by molar-refractivity contribution is -0.122. The van der Waals surface area contributed by atoms with Gasteiger partial charge in [0.2, 0.25) is 5.91 Å². The fourth-order valence-corrected chi connectivity index (χ4v) is 2.52. The molecular formula is C21H42N4O5. The Morgan fingerprint density at radius 2 is 1.43 bits per heavy atom. The summed E-state index contributed by atoms with van der Waals surface area (Å²) < 4.78 is 10.5. The van der Waals surface area contributed by atoms with Crippen LogP contribution >= 0.6 is 0 Å². The van der Waals surface area contributed by atoms with Crippen molar-refractivity contribution in [3.63, 3.8) is 0 Å². The molecule has 9 nitrogen and oxygen atoms in total. The van der Waals surface area contributed by atoms with E-state index < -0.39 is 29.4 Å². The van der Waals surface area contributed by atoms with Gasteiger partial charge in [0.1, 0.15) is 11.2 Å². The van der Waals surface area contributed by atoms with Gasteiger partial charge in [-0.25, -0.2) is 9.59 Å². The molecule has 0 aliphatic carbocycles. The van der Waals surface area contributed by atoms with E-state index in [9.17, 15) is 14.4 Å². The number of alkyl carbamates (subject to hydrolysis) is 2. The molecular weight excluding hydrogens is 388 g/mol. The Bertz CT molecular complexity index is 553. The second-order valence-electron chi connectivity index (χ2n) is 9.90. The van der Waals surface area contributed by atoms with Crippen molar-refractivity contribution in [1.82, 2.24) is 16.0 Å². The lowest BCUT2D eigenvalue weighted by Gasteiger charge is -2.25. The van der Waals surface area contributed by atoms with Gasteiger partial charge in [0.05, 0.1) is 6.04 Å². The van der Waals surface area contributed by atoms with Crippen LogP contribution in [0, 0.1) is 5.92 Å². The minimum atomic E-state index is -0.629. The van der Waals surface area contributed by atoms with Crippen LogP contribution in [-0.2, 0) is 14.3 Å². The first-order chi connectivity index (χ1) is 13.6. The van der Waals surface area contributed by atoms with Crippen LogP contribution in [0.25, 0.3) is 0 Å². The molecule has 2 atom stereocenters. The quantitative estimate of drug-likeness (QED) is 0.394. The van der Waals surface area contributed by atoms with Gasteiger partial charge >= 0.3 is 12.2 Å². The summed E-state index contributed by atoms with van der Waals surface area (Å²) >= 11 is 0. The first kappa shape index (κ1) is 28.0. The molecule has 9 heteroatoms. The van der Waals surface area contributed by atoms with Gasteiger partial charge in [0.25, 0.3) is 0 Å². The highest BCUT2D eigenvalue weighted by Crippen LogP contribution is 2.09. The van der Waals surface area contributed by atoms with Gasteiger partial charge in [0, 0.05) is 19.1 Å². The minimum Gasteiger partial charge on any atom is -0.444 e. The SMILES string of the molecule is CC(C)C[C@H](N)C(=O)NC[C@H](CCCNC(=O)OC(C)(C)C)NC(=O)OC(C)(C)C. The normalized spacial score (nSPS) is 13.9. The van der Waals surface area contributed by atoms with Gasteiger partial charge in [-0.1, -0.05) is 13.8 Å². The average Bonchev–Trinajstić information content (AvgIpc) is 2.51. The molecule has 30 heavy (non-hydrogen) atoms. The van der Waals surface area contributed by atoms with Crippen molar-refractivity contribution in [3.05, 3.63) is 0 Å². The highest BCUT2D eigenvalue weighted by atomic mass is 16.6. The first-order valence-corrected chi connectivity index (χ1v) is 10.6. The largest absolute Gasteiger partial charge is 0.444 e. The van der Waals surface area contributed by atoms with Crippen LogP contribution in [0.1, 0.15) is 74.7 Å². The van der Waals surface area contributed by atoms with Crippen LogP contribution in [0.3, 0.4) is 0 Å². The Balaban J connectivity index is 4.66. The van der Waals surface area contributed by atoms with E-state index in [0.29, 0.717) is 31.7 Å². The maximum absolute atomic E-state index is 12.2. The molecule has 0 aromatic rings. The molecule has 0 aromatic carbocycles. The molecule has 5 N–H and O–H groups in total. The summed E-state index contributed by atoms with van der Waals surface area (Å²) in [6.45, 7) is 15.3. The minimum absolute atomic E-state index is 0.219. The Hall–Kier alpha value is -2.03. The number of nitrogens with one attached hydrogen (secondary N) is 3. The maximum atomic E-state index is 12.2. The van der Waals surface area contributed by atoms with Crippen LogP contribution < -0.4 is 21.7 Å². The van der Waals surface area contributed by atoms with Crippen LogP contribution in [0.2, 0.25) is 0 Å². The van der Waals surface area contributed by atoms with Gasteiger partial charge in [-0.05, 0) is 66.7 Å². The third-order valence-electron chi connectivity index (χ3n) is 3.70. The van der Waals surface area contributed by atoms with E-state index >= 15 is 0 Å². The fraction of sp³-hybridized carbons (Fsp3) is 0.857. The molecule has 0 radical (unpaired) electrons. The van der Waals surface area contributed by atoms with E-state index in [1.165, 1.54) is 0 Å². The van der Waals surface area contributed by atoms with E-state index in [1.54, 1.807) is 41.5 Å². The molecule has 0 heterocycles. The lowest BCUT2D eigenvalue weighted by Crippen LogP contribution is -2.49. The topological polar surface area (TPSA) is 132 Å². The lowest BCUT2D eigenvalue weighted by atomic mass is 10.0. The Morgan fingerprint density at radius 3 is 1.93 bits per heavy atom.